The number of fused-ring (bicyclic) bond motifs is 3. The average molecular weight is 415 g/mol. The Morgan fingerprint density at radius 3 is 2.77 bits per heavy atom. The summed E-state index contributed by atoms with van der Waals surface area (Å²) in [5.41, 5.74) is 1.10. The number of benzene rings is 1. The number of nitrogens with zero attached hydrogens (tertiary/aromatic N) is 1. The van der Waals surface area contributed by atoms with Crippen LogP contribution in [-0.4, -0.2) is 51.0 Å². The Bertz CT molecular complexity index is 971. The van der Waals surface area contributed by atoms with Crippen LogP contribution >= 0.6 is 0 Å². The van der Waals surface area contributed by atoms with Gasteiger partial charge in [0.25, 0.3) is 0 Å². The highest BCUT2D eigenvalue weighted by molar-refractivity contribution is 5.98. The highest BCUT2D eigenvalue weighted by Crippen LogP contribution is 2.68. The van der Waals surface area contributed by atoms with Gasteiger partial charge in [0, 0.05) is 17.5 Å². The lowest BCUT2D eigenvalue weighted by molar-refractivity contribution is -0.129. The second-order valence-electron chi connectivity index (χ2n) is 9.56. The number of carbonyl (C=O) groups excluding carboxylic acids is 2. The number of aromatic nitrogens is 2. The minimum Gasteiger partial charge on any atom is -0.394 e. The van der Waals surface area contributed by atoms with E-state index in [-0.39, 0.29) is 35.0 Å². The largest absolute Gasteiger partial charge is 0.394 e. The molecule has 0 aliphatic heterocycles. The number of hydrogen-bond acceptors (Lipinski definition) is 5. The molecule has 4 rings (SSSR count). The molecule has 2 aliphatic rings. The molecule has 5 atom stereocenters. The molecule has 8 heteroatoms. The maximum Gasteiger partial charge on any atom is 0.249 e. The lowest BCUT2D eigenvalue weighted by atomic mass is 9.70. The molecule has 2 aromatic rings. The van der Waals surface area contributed by atoms with Gasteiger partial charge in [-0.1, -0.05) is 20.8 Å². The van der Waals surface area contributed by atoms with Crippen molar-refractivity contribution in [2.24, 2.45) is 22.7 Å². The predicted molar refractivity (Wildman–Crippen MR) is 112 cm³/mol. The van der Waals surface area contributed by atoms with Gasteiger partial charge < -0.3 is 20.8 Å². The third-order valence-corrected chi connectivity index (χ3v) is 7.91. The minimum absolute atomic E-state index is 0.0313. The van der Waals surface area contributed by atoms with E-state index in [0.717, 1.165) is 23.7 Å². The van der Waals surface area contributed by atoms with Crippen molar-refractivity contribution in [1.29, 1.82) is 0 Å². The summed E-state index contributed by atoms with van der Waals surface area (Å²) in [6.45, 7) is 5.94. The van der Waals surface area contributed by atoms with Crippen molar-refractivity contribution < 1.29 is 19.8 Å². The standard InChI is InChI=1S/C22H30N4O4/c1-21(2)15-6-7-22(21,3)19(29)14(15)9-18(28)25-17(11-27)20(30)24-13-5-4-12-10-23-26-16(12)8-13/h4-5,8,10,14-15,17,19,27,29H,6-7,9,11H2,1-3H3,(H,23,26)(H,24,30)(H,25,28). The van der Waals surface area contributed by atoms with Gasteiger partial charge in [-0.25, -0.2) is 0 Å². The lowest BCUT2D eigenvalue weighted by Crippen LogP contribution is -2.47. The molecular formula is C22H30N4O4. The number of hydrogen-bond donors (Lipinski definition) is 5. The highest BCUT2D eigenvalue weighted by atomic mass is 16.3. The third-order valence-electron chi connectivity index (χ3n) is 7.91. The van der Waals surface area contributed by atoms with Crippen molar-refractivity contribution in [3.05, 3.63) is 24.4 Å². The van der Waals surface area contributed by atoms with Crippen LogP contribution in [0.1, 0.15) is 40.0 Å². The first-order valence-electron chi connectivity index (χ1n) is 10.5. The van der Waals surface area contributed by atoms with Gasteiger partial charge >= 0.3 is 0 Å². The van der Waals surface area contributed by atoms with Crippen molar-refractivity contribution in [3.8, 4) is 0 Å². The van der Waals surface area contributed by atoms with E-state index in [1.54, 1.807) is 18.3 Å². The van der Waals surface area contributed by atoms with Crippen LogP contribution in [0.5, 0.6) is 0 Å². The number of aliphatic hydroxyl groups excluding tert-OH is 2. The molecular weight excluding hydrogens is 384 g/mol. The zero-order chi connectivity index (χ0) is 21.7. The molecule has 2 aliphatic carbocycles. The van der Waals surface area contributed by atoms with Crippen molar-refractivity contribution in [3.63, 3.8) is 0 Å². The first kappa shape index (κ1) is 20.8. The molecule has 1 aromatic carbocycles. The quantitative estimate of drug-likeness (QED) is 0.493. The smallest absolute Gasteiger partial charge is 0.249 e. The zero-order valence-corrected chi connectivity index (χ0v) is 17.6. The molecule has 2 amide bonds. The van der Waals surface area contributed by atoms with Crippen molar-refractivity contribution >= 4 is 28.4 Å². The highest BCUT2D eigenvalue weighted by Gasteiger charge is 2.65. The van der Waals surface area contributed by atoms with Crippen LogP contribution in [0, 0.1) is 22.7 Å². The number of nitrogens with one attached hydrogen (secondary N) is 3. The number of carbonyl (C=O) groups is 2. The van der Waals surface area contributed by atoms with Gasteiger partial charge in [0.2, 0.25) is 11.8 Å². The van der Waals surface area contributed by atoms with Gasteiger partial charge in [0.15, 0.2) is 0 Å². The number of H-pyrrole nitrogens is 1. The first-order chi connectivity index (χ1) is 14.2. The van der Waals surface area contributed by atoms with Gasteiger partial charge in [-0.15, -0.1) is 0 Å². The fraction of sp³-hybridized carbons (Fsp3) is 0.591. The summed E-state index contributed by atoms with van der Waals surface area (Å²) in [7, 11) is 0. The zero-order valence-electron chi connectivity index (χ0n) is 17.6. The summed E-state index contributed by atoms with van der Waals surface area (Å²) in [5, 5.41) is 33.6. The summed E-state index contributed by atoms with van der Waals surface area (Å²) in [4.78, 5) is 25.3. The van der Waals surface area contributed by atoms with Gasteiger partial charge in [-0.2, -0.15) is 5.10 Å². The Labute approximate surface area is 175 Å². The van der Waals surface area contributed by atoms with Crippen LogP contribution in [0.15, 0.2) is 24.4 Å². The molecule has 1 heterocycles. The molecule has 5 unspecified atom stereocenters. The Hall–Kier alpha value is -2.45. The van der Waals surface area contributed by atoms with E-state index in [9.17, 15) is 19.8 Å². The second kappa shape index (κ2) is 7.35. The number of aliphatic hydroxyl groups is 2. The van der Waals surface area contributed by atoms with E-state index >= 15 is 0 Å². The van der Waals surface area contributed by atoms with Crippen molar-refractivity contribution in [2.75, 3.05) is 11.9 Å². The van der Waals surface area contributed by atoms with E-state index < -0.39 is 24.7 Å². The number of amides is 2. The molecule has 0 saturated heterocycles. The molecule has 0 radical (unpaired) electrons. The van der Waals surface area contributed by atoms with Crippen LogP contribution in [0.3, 0.4) is 0 Å². The summed E-state index contributed by atoms with van der Waals surface area (Å²) in [5.74, 6) is -0.690. The van der Waals surface area contributed by atoms with Crippen LogP contribution in [-0.2, 0) is 9.59 Å². The van der Waals surface area contributed by atoms with E-state index in [2.05, 4.69) is 41.6 Å². The second-order valence-corrected chi connectivity index (χ2v) is 9.56. The third kappa shape index (κ3) is 3.18. The Kier molecular flexibility index (Phi) is 5.10. The molecule has 1 aromatic heterocycles. The lowest BCUT2D eigenvalue weighted by Gasteiger charge is -2.37. The van der Waals surface area contributed by atoms with Gasteiger partial charge in [-0.3, -0.25) is 14.7 Å². The van der Waals surface area contributed by atoms with Crippen LogP contribution in [0.2, 0.25) is 0 Å². The minimum atomic E-state index is -1.06. The predicted octanol–water partition coefficient (Wildman–Crippen LogP) is 1.80. The van der Waals surface area contributed by atoms with E-state index in [1.807, 2.05) is 6.07 Å². The van der Waals surface area contributed by atoms with E-state index in [4.69, 9.17) is 0 Å². The molecule has 8 nitrogen and oxygen atoms in total. The summed E-state index contributed by atoms with van der Waals surface area (Å²) < 4.78 is 0. The molecule has 30 heavy (non-hydrogen) atoms. The molecule has 2 bridgehead atoms. The number of aromatic amines is 1. The van der Waals surface area contributed by atoms with Gasteiger partial charge in [0.1, 0.15) is 6.04 Å². The maximum absolute atomic E-state index is 12.7. The van der Waals surface area contributed by atoms with E-state index in [0.29, 0.717) is 5.69 Å². The van der Waals surface area contributed by atoms with Crippen molar-refractivity contribution in [2.45, 2.75) is 52.2 Å². The van der Waals surface area contributed by atoms with Crippen LogP contribution in [0.4, 0.5) is 5.69 Å². The Morgan fingerprint density at radius 1 is 1.33 bits per heavy atom. The van der Waals surface area contributed by atoms with Gasteiger partial charge in [-0.05, 0) is 53.7 Å². The topological polar surface area (TPSA) is 127 Å². The molecule has 162 valence electrons. The summed E-state index contributed by atoms with van der Waals surface area (Å²) in [6, 6.07) is 4.24. The number of anilines is 1. The van der Waals surface area contributed by atoms with Gasteiger partial charge in [0.05, 0.1) is 24.4 Å². The molecule has 5 N–H and O–H groups in total. The SMILES string of the molecule is CC1(C)C2CCC1(C)C(O)C2CC(=O)NC(CO)C(=O)Nc1ccc2cn[nH]c2c1. The van der Waals surface area contributed by atoms with Crippen molar-refractivity contribution in [1.82, 2.24) is 15.5 Å². The first-order valence-corrected chi connectivity index (χ1v) is 10.5. The maximum atomic E-state index is 12.7. The van der Waals surface area contributed by atoms with Crippen LogP contribution < -0.4 is 10.6 Å². The molecule has 0 spiro atoms. The fourth-order valence-electron chi connectivity index (χ4n) is 5.69. The normalized spacial score (nSPS) is 30.4. The van der Waals surface area contributed by atoms with Crippen LogP contribution in [0.25, 0.3) is 10.9 Å². The van der Waals surface area contributed by atoms with E-state index in [1.165, 1.54) is 0 Å². The molecule has 2 saturated carbocycles. The average Bonchev–Trinajstić information content (AvgIpc) is 3.29. The Morgan fingerprint density at radius 2 is 2.10 bits per heavy atom. The molecule has 2 fully saturated rings. The fourth-order valence-corrected chi connectivity index (χ4v) is 5.69. The monoisotopic (exact) mass is 414 g/mol. The summed E-state index contributed by atoms with van der Waals surface area (Å²) in [6.07, 6.45) is 3.25. The summed E-state index contributed by atoms with van der Waals surface area (Å²) >= 11 is 0. The Balaban J connectivity index is 1.38. The number of rotatable bonds is 6.